The van der Waals surface area contributed by atoms with Crippen LogP contribution in [0.1, 0.15) is 46.0 Å². The Bertz CT molecular complexity index is 319. The predicted molar refractivity (Wildman–Crippen MR) is 73.1 cm³/mol. The monoisotopic (exact) mass is 270 g/mol. The van der Waals surface area contributed by atoms with Crippen LogP contribution in [0.5, 0.6) is 0 Å². The number of carboxylic acid groups (broad SMARTS) is 1. The number of aliphatic hydroxyl groups is 1. The van der Waals surface area contributed by atoms with Gasteiger partial charge in [0.2, 0.25) is 0 Å². The third-order valence-corrected chi connectivity index (χ3v) is 4.49. The van der Waals surface area contributed by atoms with Gasteiger partial charge in [-0.2, -0.15) is 0 Å². The highest BCUT2D eigenvalue weighted by molar-refractivity contribution is 5.65. The van der Waals surface area contributed by atoms with Crippen LogP contribution < -0.4 is 10.6 Å². The van der Waals surface area contributed by atoms with E-state index in [1.54, 1.807) is 0 Å². The third kappa shape index (κ3) is 3.60. The summed E-state index contributed by atoms with van der Waals surface area (Å²) in [6, 6.07) is 0.861. The summed E-state index contributed by atoms with van der Waals surface area (Å²) in [4.78, 5) is 10.5. The van der Waals surface area contributed by atoms with Crippen LogP contribution in [0, 0.1) is 11.3 Å². The summed E-state index contributed by atoms with van der Waals surface area (Å²) < 4.78 is 0. The van der Waals surface area contributed by atoms with Gasteiger partial charge in [-0.05, 0) is 43.4 Å². The Hall–Kier alpha value is -0.810. The van der Waals surface area contributed by atoms with Crippen LogP contribution in [0.4, 0.5) is 4.79 Å². The number of hydrogen-bond donors (Lipinski definition) is 4. The number of aliphatic hydroxyl groups excluding tert-OH is 1. The largest absolute Gasteiger partial charge is 0.465 e. The van der Waals surface area contributed by atoms with Gasteiger partial charge in [0.15, 0.2) is 0 Å². The maximum absolute atomic E-state index is 10.5. The summed E-state index contributed by atoms with van der Waals surface area (Å²) in [6.45, 7) is 4.53. The van der Waals surface area contributed by atoms with Crippen molar-refractivity contribution < 1.29 is 15.0 Å². The van der Waals surface area contributed by atoms with Gasteiger partial charge in [0.05, 0.1) is 6.61 Å². The van der Waals surface area contributed by atoms with Gasteiger partial charge in [-0.15, -0.1) is 0 Å². The second kappa shape index (κ2) is 5.67. The van der Waals surface area contributed by atoms with Crippen LogP contribution in [0.25, 0.3) is 0 Å². The molecule has 5 heteroatoms. The average molecular weight is 270 g/mol. The molecular weight excluding hydrogens is 244 g/mol. The van der Waals surface area contributed by atoms with E-state index in [0.717, 1.165) is 32.1 Å². The maximum atomic E-state index is 10.5. The maximum Gasteiger partial charge on any atom is 0.404 e. The van der Waals surface area contributed by atoms with E-state index in [2.05, 4.69) is 24.5 Å². The van der Waals surface area contributed by atoms with E-state index in [-0.39, 0.29) is 18.7 Å². The van der Waals surface area contributed by atoms with Crippen molar-refractivity contribution in [2.45, 2.75) is 64.1 Å². The Morgan fingerprint density at radius 2 is 1.84 bits per heavy atom. The van der Waals surface area contributed by atoms with E-state index in [0.29, 0.717) is 17.4 Å². The number of nitrogens with one attached hydrogen (secondary N) is 2. The van der Waals surface area contributed by atoms with Gasteiger partial charge in [-0.1, -0.05) is 13.8 Å². The molecule has 2 saturated carbocycles. The molecular formula is C14H26N2O3. The topological polar surface area (TPSA) is 81.6 Å². The molecule has 5 nitrogen and oxygen atoms in total. The summed E-state index contributed by atoms with van der Waals surface area (Å²) in [6.07, 6.45) is 4.30. The standard InChI is InChI=1S/C14H26N2O3/c1-9(2)3-10(8-17)15-11-4-14(5-11)6-12(7-14)16-13(18)19/h9-12,15-17H,3-8H2,1-2H3,(H,18,19)/t10-,11?,12?,14?/m1/s1. The van der Waals surface area contributed by atoms with Crippen LogP contribution in [-0.2, 0) is 0 Å². The fourth-order valence-electron chi connectivity index (χ4n) is 3.80. The molecule has 0 aromatic rings. The molecule has 0 aliphatic heterocycles. The Morgan fingerprint density at radius 3 is 2.32 bits per heavy atom. The molecule has 2 aliphatic rings. The summed E-state index contributed by atoms with van der Waals surface area (Å²) >= 11 is 0. The number of amides is 1. The first kappa shape index (κ1) is 14.6. The molecule has 2 aliphatic carbocycles. The van der Waals surface area contributed by atoms with E-state index >= 15 is 0 Å². The molecule has 2 rings (SSSR count). The minimum Gasteiger partial charge on any atom is -0.465 e. The van der Waals surface area contributed by atoms with E-state index in [4.69, 9.17) is 5.11 Å². The van der Waals surface area contributed by atoms with Crippen molar-refractivity contribution in [3.63, 3.8) is 0 Å². The second-order valence-corrected chi connectivity index (χ2v) is 6.84. The zero-order valence-corrected chi connectivity index (χ0v) is 11.9. The predicted octanol–water partition coefficient (Wildman–Crippen LogP) is 1.56. The molecule has 1 spiro atoms. The molecule has 0 unspecified atom stereocenters. The van der Waals surface area contributed by atoms with Gasteiger partial charge in [0.1, 0.15) is 0 Å². The minimum absolute atomic E-state index is 0.155. The summed E-state index contributed by atoms with van der Waals surface area (Å²) in [5.41, 5.74) is 0.378. The van der Waals surface area contributed by atoms with Crippen molar-refractivity contribution in [3.05, 3.63) is 0 Å². The van der Waals surface area contributed by atoms with Gasteiger partial charge >= 0.3 is 6.09 Å². The van der Waals surface area contributed by atoms with Crippen LogP contribution in [0.3, 0.4) is 0 Å². The first-order valence-electron chi connectivity index (χ1n) is 7.29. The first-order valence-corrected chi connectivity index (χ1v) is 7.29. The van der Waals surface area contributed by atoms with E-state index < -0.39 is 6.09 Å². The molecule has 4 N–H and O–H groups in total. The highest BCUT2D eigenvalue weighted by Crippen LogP contribution is 2.55. The Kier molecular flexibility index (Phi) is 4.36. The van der Waals surface area contributed by atoms with Gasteiger partial charge in [-0.3, -0.25) is 0 Å². The van der Waals surface area contributed by atoms with Gasteiger partial charge in [0, 0.05) is 18.1 Å². The zero-order chi connectivity index (χ0) is 14.0. The number of rotatable bonds is 6. The molecule has 110 valence electrons. The van der Waals surface area contributed by atoms with Crippen molar-refractivity contribution in [2.24, 2.45) is 11.3 Å². The van der Waals surface area contributed by atoms with E-state index in [1.165, 1.54) is 0 Å². The lowest BCUT2D eigenvalue weighted by molar-refractivity contribution is -0.0333. The van der Waals surface area contributed by atoms with Gasteiger partial charge < -0.3 is 20.8 Å². The number of hydrogen-bond acceptors (Lipinski definition) is 3. The zero-order valence-electron chi connectivity index (χ0n) is 11.9. The fraction of sp³-hybridized carbons (Fsp3) is 0.929. The molecule has 2 fully saturated rings. The lowest BCUT2D eigenvalue weighted by atomic mass is 9.52. The quantitative estimate of drug-likeness (QED) is 0.590. The SMILES string of the molecule is CC(C)C[C@H](CO)NC1CC2(CC(NC(=O)O)C2)C1. The van der Waals surface area contributed by atoms with Gasteiger partial charge in [-0.25, -0.2) is 4.79 Å². The summed E-state index contributed by atoms with van der Waals surface area (Å²) in [7, 11) is 0. The third-order valence-electron chi connectivity index (χ3n) is 4.49. The second-order valence-electron chi connectivity index (χ2n) is 6.84. The minimum atomic E-state index is -0.911. The number of carbonyl (C=O) groups is 1. The Balaban J connectivity index is 1.65. The van der Waals surface area contributed by atoms with E-state index in [9.17, 15) is 9.90 Å². The molecule has 0 radical (unpaired) electrons. The molecule has 19 heavy (non-hydrogen) atoms. The molecule has 1 atom stereocenters. The molecule has 1 amide bonds. The van der Waals surface area contributed by atoms with Crippen LogP contribution in [0.15, 0.2) is 0 Å². The Labute approximate surface area is 114 Å². The van der Waals surface area contributed by atoms with Crippen molar-refractivity contribution >= 4 is 6.09 Å². The van der Waals surface area contributed by atoms with Crippen molar-refractivity contribution in [1.82, 2.24) is 10.6 Å². The lowest BCUT2D eigenvalue weighted by Gasteiger charge is -2.58. The van der Waals surface area contributed by atoms with Crippen molar-refractivity contribution in [1.29, 1.82) is 0 Å². The van der Waals surface area contributed by atoms with E-state index in [1.807, 2.05) is 0 Å². The van der Waals surface area contributed by atoms with Crippen molar-refractivity contribution in [2.75, 3.05) is 6.61 Å². The van der Waals surface area contributed by atoms with Crippen LogP contribution in [0.2, 0.25) is 0 Å². The molecule has 0 aromatic carbocycles. The van der Waals surface area contributed by atoms with Crippen LogP contribution >= 0.6 is 0 Å². The smallest absolute Gasteiger partial charge is 0.404 e. The highest BCUT2D eigenvalue weighted by atomic mass is 16.4. The highest BCUT2D eigenvalue weighted by Gasteiger charge is 2.53. The summed E-state index contributed by atoms with van der Waals surface area (Å²) in [5, 5.41) is 24.1. The van der Waals surface area contributed by atoms with Gasteiger partial charge in [0.25, 0.3) is 0 Å². The molecule has 0 bridgehead atoms. The van der Waals surface area contributed by atoms with Crippen LogP contribution in [-0.4, -0.2) is 41.0 Å². The molecule has 0 saturated heterocycles. The van der Waals surface area contributed by atoms with Crippen molar-refractivity contribution in [3.8, 4) is 0 Å². The average Bonchev–Trinajstić information content (AvgIpc) is 2.20. The molecule has 0 aromatic heterocycles. The normalized spacial score (nSPS) is 34.7. The lowest BCUT2D eigenvalue weighted by Crippen LogP contribution is -2.61. The summed E-state index contributed by atoms with van der Waals surface area (Å²) in [5.74, 6) is 0.589. The first-order chi connectivity index (χ1) is 8.92. The Morgan fingerprint density at radius 1 is 1.26 bits per heavy atom. The fourth-order valence-corrected chi connectivity index (χ4v) is 3.80. The molecule has 0 heterocycles.